The molecule has 0 aliphatic carbocycles. The molecule has 5 atom stereocenters. The predicted octanol–water partition coefficient (Wildman–Crippen LogP) is 1.16. The van der Waals surface area contributed by atoms with Gasteiger partial charge in [0.25, 0.3) is 0 Å². The molecule has 2 rings (SSSR count). The van der Waals surface area contributed by atoms with Crippen LogP contribution < -0.4 is 9.47 Å². The number of hydrogen-bond acceptors (Lipinski definition) is 11. The molecule has 0 radical (unpaired) electrons. The van der Waals surface area contributed by atoms with Crippen molar-refractivity contribution in [2.24, 2.45) is 0 Å². The fraction of sp³-hybridized carbons (Fsp3) is 0.524. The number of carbonyl (C=O) groups is 4. The van der Waals surface area contributed by atoms with Crippen molar-refractivity contribution in [2.45, 2.75) is 58.4 Å². The van der Waals surface area contributed by atoms with Crippen molar-refractivity contribution in [1.29, 1.82) is 0 Å². The average Bonchev–Trinajstić information content (AvgIpc) is 2.70. The fourth-order valence-corrected chi connectivity index (χ4v) is 3.07. The van der Waals surface area contributed by atoms with E-state index in [9.17, 15) is 19.2 Å². The number of methoxy groups -OCH3 is 1. The lowest BCUT2D eigenvalue weighted by Crippen LogP contribution is -2.63. The van der Waals surface area contributed by atoms with Crippen LogP contribution in [0.25, 0.3) is 0 Å². The fourth-order valence-electron chi connectivity index (χ4n) is 3.07. The molecule has 1 aromatic carbocycles. The third-order valence-corrected chi connectivity index (χ3v) is 4.26. The van der Waals surface area contributed by atoms with E-state index in [1.807, 2.05) is 0 Å². The van der Waals surface area contributed by atoms with Crippen LogP contribution >= 0.6 is 0 Å². The van der Waals surface area contributed by atoms with E-state index < -0.39 is 54.6 Å². The van der Waals surface area contributed by atoms with Crippen molar-refractivity contribution >= 4 is 23.9 Å². The topological polar surface area (TPSA) is 133 Å². The molecule has 0 aromatic heterocycles. The maximum absolute atomic E-state index is 11.8. The van der Waals surface area contributed by atoms with E-state index in [0.717, 1.165) is 20.8 Å². The molecule has 1 aromatic rings. The summed E-state index contributed by atoms with van der Waals surface area (Å²) >= 11 is 0. The van der Waals surface area contributed by atoms with E-state index in [1.165, 1.54) is 14.0 Å². The number of rotatable bonds is 8. The van der Waals surface area contributed by atoms with Crippen LogP contribution in [0.2, 0.25) is 0 Å². The standard InChI is InChI=1S/C21H26O11/c1-11(22)27-10-17-18(28-12(2)23)19(29-13(3)24)20(30-14(4)25)21(32-17)31-16-8-6-15(26-5)7-9-16/h6-9,17-21H,10H2,1-5H3/t17-,18+,19+,20-,21-/m1/s1. The Morgan fingerprint density at radius 1 is 0.750 bits per heavy atom. The van der Waals surface area contributed by atoms with Crippen molar-refractivity contribution in [2.75, 3.05) is 13.7 Å². The summed E-state index contributed by atoms with van der Waals surface area (Å²) in [4.78, 5) is 46.6. The summed E-state index contributed by atoms with van der Waals surface area (Å²) in [6.07, 6.45) is -6.20. The van der Waals surface area contributed by atoms with Crippen LogP contribution in [0.3, 0.4) is 0 Å². The molecule has 176 valence electrons. The number of benzene rings is 1. The maximum atomic E-state index is 11.8. The van der Waals surface area contributed by atoms with Crippen molar-refractivity contribution in [3.8, 4) is 11.5 Å². The Kier molecular flexibility index (Phi) is 8.82. The van der Waals surface area contributed by atoms with Crippen LogP contribution in [-0.4, -0.2) is 68.3 Å². The number of carbonyl (C=O) groups excluding carboxylic acids is 4. The van der Waals surface area contributed by atoms with Gasteiger partial charge in [-0.15, -0.1) is 0 Å². The molecule has 1 aliphatic heterocycles. The lowest BCUT2D eigenvalue weighted by atomic mass is 9.98. The molecule has 0 saturated carbocycles. The monoisotopic (exact) mass is 454 g/mol. The lowest BCUT2D eigenvalue weighted by Gasteiger charge is -2.43. The van der Waals surface area contributed by atoms with Crippen LogP contribution in [0.4, 0.5) is 0 Å². The molecule has 1 heterocycles. The van der Waals surface area contributed by atoms with E-state index in [-0.39, 0.29) is 6.61 Å². The van der Waals surface area contributed by atoms with E-state index in [0.29, 0.717) is 11.5 Å². The zero-order valence-corrected chi connectivity index (χ0v) is 18.4. The lowest BCUT2D eigenvalue weighted by molar-refractivity contribution is -0.288. The highest BCUT2D eigenvalue weighted by Gasteiger charge is 2.53. The van der Waals surface area contributed by atoms with Crippen LogP contribution in [0.5, 0.6) is 11.5 Å². The first-order valence-electron chi connectivity index (χ1n) is 9.72. The molecular formula is C21H26O11. The summed E-state index contributed by atoms with van der Waals surface area (Å²) in [7, 11) is 1.51. The van der Waals surface area contributed by atoms with E-state index in [1.54, 1.807) is 24.3 Å². The highest BCUT2D eigenvalue weighted by molar-refractivity contribution is 5.68. The highest BCUT2D eigenvalue weighted by atomic mass is 16.7. The van der Waals surface area contributed by atoms with Crippen molar-refractivity contribution < 1.29 is 52.3 Å². The van der Waals surface area contributed by atoms with Gasteiger partial charge in [0.1, 0.15) is 24.2 Å². The van der Waals surface area contributed by atoms with E-state index in [2.05, 4.69) is 0 Å². The van der Waals surface area contributed by atoms with Gasteiger partial charge in [0.2, 0.25) is 12.4 Å². The van der Waals surface area contributed by atoms with Gasteiger partial charge in [0.05, 0.1) is 7.11 Å². The first-order valence-corrected chi connectivity index (χ1v) is 9.72. The number of esters is 4. The van der Waals surface area contributed by atoms with Gasteiger partial charge in [-0.05, 0) is 24.3 Å². The molecule has 11 heteroatoms. The number of ether oxygens (including phenoxy) is 7. The molecule has 1 aliphatic rings. The minimum atomic E-state index is -1.29. The molecule has 11 nitrogen and oxygen atoms in total. The SMILES string of the molecule is COc1ccc(O[C@@H]2O[C@H](COC(C)=O)[C@H](OC(C)=O)[C@H](OC(C)=O)[C@H]2OC(C)=O)cc1. The Morgan fingerprint density at radius 3 is 1.75 bits per heavy atom. The normalized spacial score (nSPS) is 24.6. The van der Waals surface area contributed by atoms with Crippen LogP contribution in [0, 0.1) is 0 Å². The van der Waals surface area contributed by atoms with Gasteiger partial charge in [-0.2, -0.15) is 0 Å². The molecular weight excluding hydrogens is 428 g/mol. The van der Waals surface area contributed by atoms with E-state index in [4.69, 9.17) is 33.2 Å². The Bertz CT molecular complexity index is 820. The van der Waals surface area contributed by atoms with Crippen molar-refractivity contribution in [3.05, 3.63) is 24.3 Å². The Hall–Kier alpha value is -3.34. The van der Waals surface area contributed by atoms with Gasteiger partial charge >= 0.3 is 23.9 Å². The smallest absolute Gasteiger partial charge is 0.303 e. The molecule has 32 heavy (non-hydrogen) atoms. The Morgan fingerprint density at radius 2 is 1.25 bits per heavy atom. The molecule has 0 N–H and O–H groups in total. The first kappa shape index (κ1) is 24.9. The molecule has 1 saturated heterocycles. The minimum absolute atomic E-state index is 0.326. The largest absolute Gasteiger partial charge is 0.497 e. The van der Waals surface area contributed by atoms with Crippen LogP contribution in [0.1, 0.15) is 27.7 Å². The summed E-state index contributed by atoms with van der Waals surface area (Å²) in [6, 6.07) is 6.46. The van der Waals surface area contributed by atoms with Crippen molar-refractivity contribution in [1.82, 2.24) is 0 Å². The summed E-state index contributed by atoms with van der Waals surface area (Å²) in [5, 5.41) is 0. The maximum Gasteiger partial charge on any atom is 0.303 e. The summed E-state index contributed by atoms with van der Waals surface area (Å²) in [5.41, 5.74) is 0. The summed E-state index contributed by atoms with van der Waals surface area (Å²) in [6.45, 7) is 4.31. The zero-order chi connectivity index (χ0) is 23.8. The third-order valence-electron chi connectivity index (χ3n) is 4.26. The number of hydrogen-bond donors (Lipinski definition) is 0. The second kappa shape index (κ2) is 11.3. The zero-order valence-electron chi connectivity index (χ0n) is 18.4. The second-order valence-electron chi connectivity index (χ2n) is 6.86. The van der Waals surface area contributed by atoms with Gasteiger partial charge in [-0.1, -0.05) is 0 Å². The summed E-state index contributed by atoms with van der Waals surface area (Å²) in [5.74, 6) is -1.83. The Labute approximate surface area is 184 Å². The molecule has 0 spiro atoms. The predicted molar refractivity (Wildman–Crippen MR) is 106 cm³/mol. The van der Waals surface area contributed by atoms with Crippen LogP contribution in [0.15, 0.2) is 24.3 Å². The molecule has 1 fully saturated rings. The molecule has 0 bridgehead atoms. The Balaban J connectivity index is 2.42. The van der Waals surface area contributed by atoms with Crippen molar-refractivity contribution in [3.63, 3.8) is 0 Å². The minimum Gasteiger partial charge on any atom is -0.497 e. The van der Waals surface area contributed by atoms with Crippen LogP contribution in [-0.2, 0) is 42.9 Å². The first-order chi connectivity index (χ1) is 15.1. The van der Waals surface area contributed by atoms with Gasteiger partial charge in [-0.3, -0.25) is 19.2 Å². The third kappa shape index (κ3) is 7.12. The van der Waals surface area contributed by atoms with Gasteiger partial charge < -0.3 is 33.2 Å². The molecule has 0 unspecified atom stereocenters. The van der Waals surface area contributed by atoms with Gasteiger partial charge in [0.15, 0.2) is 12.2 Å². The second-order valence-corrected chi connectivity index (χ2v) is 6.86. The van der Waals surface area contributed by atoms with Gasteiger partial charge in [0, 0.05) is 27.7 Å². The van der Waals surface area contributed by atoms with E-state index >= 15 is 0 Å². The summed E-state index contributed by atoms with van der Waals surface area (Å²) < 4.78 is 37.8. The quantitative estimate of drug-likeness (QED) is 0.414. The molecule has 0 amide bonds. The average molecular weight is 454 g/mol. The van der Waals surface area contributed by atoms with Gasteiger partial charge in [-0.25, -0.2) is 0 Å². The highest BCUT2D eigenvalue weighted by Crippen LogP contribution is 2.31.